The van der Waals surface area contributed by atoms with Crippen molar-refractivity contribution >= 4 is 10.0 Å². The van der Waals surface area contributed by atoms with Gasteiger partial charge in [0.25, 0.3) is 5.89 Å². The molecule has 1 saturated heterocycles. The van der Waals surface area contributed by atoms with E-state index in [1.807, 2.05) is 37.3 Å². The van der Waals surface area contributed by atoms with Gasteiger partial charge in [0.05, 0.1) is 4.90 Å². The van der Waals surface area contributed by atoms with Gasteiger partial charge in [-0.1, -0.05) is 41.1 Å². The second kappa shape index (κ2) is 7.96. The molecule has 1 aromatic heterocycles. The molecule has 0 radical (unpaired) electrons. The summed E-state index contributed by atoms with van der Waals surface area (Å²) in [5.74, 6) is 1.54. The highest BCUT2D eigenvalue weighted by Crippen LogP contribution is 2.30. The fourth-order valence-electron chi connectivity index (χ4n) is 3.41. The molecule has 0 saturated carbocycles. The molecule has 1 atom stereocenters. The SMILES string of the molecule is Cc1ccc(OCc2nc(C3CCN(S(=O)(=O)c4ccccc4C)C3)no2)cc1. The third kappa shape index (κ3) is 4.18. The molecule has 3 aromatic rings. The Morgan fingerprint density at radius 1 is 1.14 bits per heavy atom. The van der Waals surface area contributed by atoms with E-state index < -0.39 is 10.0 Å². The first-order chi connectivity index (χ1) is 13.9. The molecule has 152 valence electrons. The second-order valence-corrected chi connectivity index (χ2v) is 9.17. The molecule has 1 aliphatic rings. The molecule has 8 heteroatoms. The Morgan fingerprint density at radius 2 is 1.90 bits per heavy atom. The van der Waals surface area contributed by atoms with Crippen LogP contribution in [0.2, 0.25) is 0 Å². The molecule has 0 N–H and O–H groups in total. The Labute approximate surface area is 170 Å². The molecule has 0 spiro atoms. The van der Waals surface area contributed by atoms with Crippen LogP contribution >= 0.6 is 0 Å². The summed E-state index contributed by atoms with van der Waals surface area (Å²) < 4.78 is 38.4. The maximum absolute atomic E-state index is 13.0. The van der Waals surface area contributed by atoms with Crippen LogP contribution in [-0.2, 0) is 16.6 Å². The minimum absolute atomic E-state index is 0.0920. The van der Waals surface area contributed by atoms with Crippen molar-refractivity contribution in [3.8, 4) is 5.75 Å². The summed E-state index contributed by atoms with van der Waals surface area (Å²) in [6.45, 7) is 4.77. The summed E-state index contributed by atoms with van der Waals surface area (Å²) in [6, 6.07) is 14.7. The first-order valence-electron chi connectivity index (χ1n) is 9.51. The molecule has 1 unspecified atom stereocenters. The van der Waals surface area contributed by atoms with Crippen molar-refractivity contribution in [2.75, 3.05) is 13.1 Å². The lowest BCUT2D eigenvalue weighted by Gasteiger charge is -2.17. The van der Waals surface area contributed by atoms with E-state index >= 15 is 0 Å². The fourth-order valence-corrected chi connectivity index (χ4v) is 5.14. The van der Waals surface area contributed by atoms with Gasteiger partial charge >= 0.3 is 0 Å². The molecule has 2 aromatic carbocycles. The highest BCUT2D eigenvalue weighted by molar-refractivity contribution is 7.89. The zero-order chi connectivity index (χ0) is 20.4. The number of hydrogen-bond acceptors (Lipinski definition) is 6. The van der Waals surface area contributed by atoms with E-state index in [9.17, 15) is 8.42 Å². The molecule has 2 heterocycles. The topological polar surface area (TPSA) is 85.5 Å². The number of sulfonamides is 1. The Balaban J connectivity index is 1.41. The van der Waals surface area contributed by atoms with E-state index in [0.29, 0.717) is 36.1 Å². The van der Waals surface area contributed by atoms with Crippen LogP contribution in [0.25, 0.3) is 0 Å². The van der Waals surface area contributed by atoms with Crippen molar-refractivity contribution < 1.29 is 17.7 Å². The van der Waals surface area contributed by atoms with Crippen LogP contribution in [0.1, 0.15) is 35.2 Å². The highest BCUT2D eigenvalue weighted by atomic mass is 32.2. The Bertz CT molecular complexity index is 1090. The van der Waals surface area contributed by atoms with Crippen molar-refractivity contribution in [2.24, 2.45) is 0 Å². The standard InChI is InChI=1S/C21H23N3O4S/c1-15-7-9-18(10-8-15)27-14-20-22-21(23-28-20)17-11-12-24(13-17)29(25,26)19-6-4-3-5-16(19)2/h3-10,17H,11-14H2,1-2H3. The number of aromatic nitrogens is 2. The van der Waals surface area contributed by atoms with E-state index in [1.54, 1.807) is 25.1 Å². The number of ether oxygens (including phenoxy) is 1. The first kappa shape index (κ1) is 19.6. The minimum atomic E-state index is -3.53. The van der Waals surface area contributed by atoms with Crippen LogP contribution in [-0.4, -0.2) is 36.0 Å². The minimum Gasteiger partial charge on any atom is -0.484 e. The van der Waals surface area contributed by atoms with Crippen molar-refractivity contribution in [3.63, 3.8) is 0 Å². The zero-order valence-corrected chi connectivity index (χ0v) is 17.2. The fraction of sp³-hybridized carbons (Fsp3) is 0.333. The molecular formula is C21H23N3O4S. The molecule has 0 bridgehead atoms. The van der Waals surface area contributed by atoms with E-state index in [-0.39, 0.29) is 12.5 Å². The highest BCUT2D eigenvalue weighted by Gasteiger charge is 2.35. The first-order valence-corrected chi connectivity index (χ1v) is 11.0. The third-order valence-electron chi connectivity index (χ3n) is 5.09. The van der Waals surface area contributed by atoms with Crippen molar-refractivity contribution in [1.82, 2.24) is 14.4 Å². The van der Waals surface area contributed by atoms with E-state index in [2.05, 4.69) is 10.1 Å². The lowest BCUT2D eigenvalue weighted by molar-refractivity contribution is 0.242. The summed E-state index contributed by atoms with van der Waals surface area (Å²) in [7, 11) is -3.53. The number of nitrogens with zero attached hydrogens (tertiary/aromatic N) is 3. The van der Waals surface area contributed by atoms with E-state index in [4.69, 9.17) is 9.26 Å². The van der Waals surface area contributed by atoms with Crippen LogP contribution in [0.5, 0.6) is 5.75 Å². The van der Waals surface area contributed by atoms with Gasteiger partial charge in [-0.2, -0.15) is 9.29 Å². The predicted molar refractivity (Wildman–Crippen MR) is 107 cm³/mol. The van der Waals surface area contributed by atoms with Gasteiger partial charge in [0.15, 0.2) is 12.4 Å². The van der Waals surface area contributed by atoms with Gasteiger partial charge in [0, 0.05) is 19.0 Å². The lowest BCUT2D eigenvalue weighted by Crippen LogP contribution is -2.29. The summed E-state index contributed by atoms with van der Waals surface area (Å²) in [4.78, 5) is 4.76. The van der Waals surface area contributed by atoms with Crippen molar-refractivity contribution in [3.05, 3.63) is 71.4 Å². The summed E-state index contributed by atoms with van der Waals surface area (Å²) in [6.07, 6.45) is 0.656. The zero-order valence-electron chi connectivity index (χ0n) is 16.4. The molecule has 4 rings (SSSR count). The number of hydrogen-bond donors (Lipinski definition) is 0. The van der Waals surface area contributed by atoms with Crippen LogP contribution < -0.4 is 4.74 Å². The molecule has 0 amide bonds. The molecule has 29 heavy (non-hydrogen) atoms. The van der Waals surface area contributed by atoms with Gasteiger partial charge < -0.3 is 9.26 Å². The second-order valence-electron chi connectivity index (χ2n) is 7.26. The quantitative estimate of drug-likeness (QED) is 0.615. The van der Waals surface area contributed by atoms with Gasteiger partial charge in [0.2, 0.25) is 10.0 Å². The third-order valence-corrected chi connectivity index (χ3v) is 7.12. The van der Waals surface area contributed by atoms with E-state index in [1.165, 1.54) is 4.31 Å². The molecule has 1 fully saturated rings. The number of aryl methyl sites for hydroxylation is 2. The van der Waals surface area contributed by atoms with Crippen molar-refractivity contribution in [2.45, 2.75) is 37.7 Å². The number of rotatable bonds is 6. The van der Waals surface area contributed by atoms with Gasteiger partial charge in [-0.05, 0) is 44.0 Å². The summed E-state index contributed by atoms with van der Waals surface area (Å²) in [5, 5.41) is 4.04. The summed E-state index contributed by atoms with van der Waals surface area (Å²) in [5.41, 5.74) is 1.90. The van der Waals surface area contributed by atoms with Crippen LogP contribution in [0.3, 0.4) is 0 Å². The van der Waals surface area contributed by atoms with Crippen LogP contribution in [0.15, 0.2) is 57.9 Å². The normalized spacial score (nSPS) is 17.5. The van der Waals surface area contributed by atoms with Gasteiger partial charge in [-0.3, -0.25) is 0 Å². The lowest BCUT2D eigenvalue weighted by atomic mass is 10.1. The maximum atomic E-state index is 13.0. The van der Waals surface area contributed by atoms with Crippen LogP contribution in [0, 0.1) is 13.8 Å². The number of benzene rings is 2. The molecule has 1 aliphatic heterocycles. The Morgan fingerprint density at radius 3 is 2.66 bits per heavy atom. The average Bonchev–Trinajstić information content (AvgIpc) is 3.38. The van der Waals surface area contributed by atoms with Gasteiger partial charge in [-0.15, -0.1) is 0 Å². The average molecular weight is 413 g/mol. The largest absolute Gasteiger partial charge is 0.484 e. The predicted octanol–water partition coefficient (Wildman–Crippen LogP) is 3.44. The summed E-state index contributed by atoms with van der Waals surface area (Å²) >= 11 is 0. The Kier molecular flexibility index (Phi) is 5.38. The van der Waals surface area contributed by atoms with E-state index in [0.717, 1.165) is 16.9 Å². The van der Waals surface area contributed by atoms with Gasteiger partial charge in [0.1, 0.15) is 5.75 Å². The molecular weight excluding hydrogens is 390 g/mol. The van der Waals surface area contributed by atoms with Crippen molar-refractivity contribution in [1.29, 1.82) is 0 Å². The molecule has 0 aliphatic carbocycles. The maximum Gasteiger partial charge on any atom is 0.264 e. The van der Waals surface area contributed by atoms with Gasteiger partial charge in [-0.25, -0.2) is 8.42 Å². The monoisotopic (exact) mass is 413 g/mol. The molecule has 7 nitrogen and oxygen atoms in total. The Hall–Kier alpha value is -2.71. The van der Waals surface area contributed by atoms with Crippen LogP contribution in [0.4, 0.5) is 0 Å². The smallest absolute Gasteiger partial charge is 0.264 e.